The second kappa shape index (κ2) is 13.0. The van der Waals surface area contributed by atoms with Crippen LogP contribution in [0.5, 0.6) is 5.75 Å². The highest BCUT2D eigenvalue weighted by Crippen LogP contribution is 2.38. The van der Waals surface area contributed by atoms with Crippen molar-refractivity contribution in [1.82, 2.24) is 10.6 Å². The van der Waals surface area contributed by atoms with Gasteiger partial charge in [0.15, 0.2) is 0 Å². The van der Waals surface area contributed by atoms with Gasteiger partial charge in [-0.05, 0) is 46.9 Å². The lowest BCUT2D eigenvalue weighted by atomic mass is 9.93. The summed E-state index contributed by atoms with van der Waals surface area (Å²) in [7, 11) is 2.83. The van der Waals surface area contributed by atoms with Crippen LogP contribution in [-0.2, 0) is 32.1 Å². The third-order valence-electron chi connectivity index (χ3n) is 6.98. The molecular formula is C33H32N2O6. The number of methoxy groups -OCH3 is 2. The average molecular weight is 553 g/mol. The van der Waals surface area contributed by atoms with Crippen LogP contribution in [0.1, 0.15) is 40.4 Å². The third kappa shape index (κ3) is 6.18. The molecule has 1 aliphatic rings. The summed E-state index contributed by atoms with van der Waals surface area (Å²) in [6.07, 6.45) is 6.68. The molecule has 1 heterocycles. The highest BCUT2D eigenvalue weighted by Gasteiger charge is 2.26. The predicted molar refractivity (Wildman–Crippen MR) is 157 cm³/mol. The zero-order chi connectivity index (χ0) is 28.6. The number of nitrogens with one attached hydrogen (secondary N) is 1. The van der Waals surface area contributed by atoms with Gasteiger partial charge in [0.25, 0.3) is 0 Å². The molecule has 0 aliphatic heterocycles. The number of benzene rings is 3. The number of hydrogen-bond acceptors (Lipinski definition) is 8. The number of rotatable bonds is 13. The van der Waals surface area contributed by atoms with E-state index < -0.39 is 5.97 Å². The molecule has 8 heteroatoms. The summed E-state index contributed by atoms with van der Waals surface area (Å²) in [4.78, 5) is 18.4. The molecule has 0 saturated carbocycles. The second-order valence-corrected chi connectivity index (χ2v) is 9.51. The van der Waals surface area contributed by atoms with E-state index >= 15 is 0 Å². The molecule has 5 rings (SSSR count). The average Bonchev–Trinajstić information content (AvgIpc) is 3.58. The minimum absolute atomic E-state index is 0.0795. The standard InChI is InChI=1S/C33H32N2O6/c1-4-17-39-24-13-14-28-31(19-24)35-41-32(28)16-15-27-25-11-7-5-9-22(25)18-30(27)34-40-20-23-10-6-8-12-26(23)29(21-37-2)33(36)38-3/h4-14,18-19,21,27,34H,1,15-17,20H2,2-3H3. The molecule has 8 nitrogen and oxygen atoms in total. The minimum atomic E-state index is -0.485. The Hall–Kier alpha value is -4.82. The molecule has 4 aromatic rings. The van der Waals surface area contributed by atoms with E-state index in [4.69, 9.17) is 23.6 Å². The Bertz CT molecular complexity index is 1600. The maximum absolute atomic E-state index is 12.4. The third-order valence-corrected chi connectivity index (χ3v) is 6.98. The van der Waals surface area contributed by atoms with Crippen molar-refractivity contribution in [2.24, 2.45) is 0 Å². The number of fused-ring (bicyclic) bond motifs is 2. The topological polar surface area (TPSA) is 92.0 Å². The number of aromatic nitrogens is 1. The fraction of sp³-hybridized carbons (Fsp3) is 0.212. The second-order valence-electron chi connectivity index (χ2n) is 9.51. The molecule has 0 amide bonds. The van der Waals surface area contributed by atoms with Gasteiger partial charge in [-0.2, -0.15) is 0 Å². The van der Waals surface area contributed by atoms with Crippen LogP contribution in [0.3, 0.4) is 0 Å². The van der Waals surface area contributed by atoms with Crippen molar-refractivity contribution >= 4 is 28.5 Å². The van der Waals surface area contributed by atoms with E-state index in [1.54, 1.807) is 6.08 Å². The number of nitrogens with zero attached hydrogens (tertiary/aromatic N) is 1. The van der Waals surface area contributed by atoms with Gasteiger partial charge in [0, 0.05) is 29.5 Å². The van der Waals surface area contributed by atoms with Gasteiger partial charge in [-0.3, -0.25) is 10.3 Å². The summed E-state index contributed by atoms with van der Waals surface area (Å²) in [5.74, 6) is 1.15. The van der Waals surface area contributed by atoms with E-state index in [1.165, 1.54) is 26.0 Å². The first-order valence-corrected chi connectivity index (χ1v) is 13.3. The van der Waals surface area contributed by atoms with Gasteiger partial charge < -0.3 is 18.7 Å². The Morgan fingerprint density at radius 3 is 2.76 bits per heavy atom. The fourth-order valence-corrected chi connectivity index (χ4v) is 5.04. The summed E-state index contributed by atoms with van der Waals surface area (Å²) in [5, 5.41) is 5.22. The maximum Gasteiger partial charge on any atom is 0.341 e. The minimum Gasteiger partial charge on any atom is -0.503 e. The number of carbonyl (C=O) groups excluding carboxylic acids is 1. The lowest BCUT2D eigenvalue weighted by Gasteiger charge is -2.18. The lowest BCUT2D eigenvalue weighted by molar-refractivity contribution is -0.133. The first-order valence-electron chi connectivity index (χ1n) is 13.3. The number of hydroxylamine groups is 1. The molecule has 3 aromatic carbocycles. The van der Waals surface area contributed by atoms with Crippen LogP contribution in [0.15, 0.2) is 95.9 Å². The van der Waals surface area contributed by atoms with Crippen molar-refractivity contribution in [3.63, 3.8) is 0 Å². The number of carbonyl (C=O) groups is 1. The molecule has 0 saturated heterocycles. The summed E-state index contributed by atoms with van der Waals surface area (Å²) < 4.78 is 21.4. The van der Waals surface area contributed by atoms with Gasteiger partial charge in [-0.1, -0.05) is 66.3 Å². The van der Waals surface area contributed by atoms with Crippen molar-refractivity contribution < 1.29 is 28.4 Å². The molecule has 41 heavy (non-hydrogen) atoms. The molecule has 0 radical (unpaired) electrons. The zero-order valence-corrected chi connectivity index (χ0v) is 23.1. The Balaban J connectivity index is 1.29. The number of allylic oxidation sites excluding steroid dienone is 1. The van der Waals surface area contributed by atoms with Gasteiger partial charge in [0.1, 0.15) is 35.8 Å². The largest absolute Gasteiger partial charge is 0.503 e. The van der Waals surface area contributed by atoms with Gasteiger partial charge in [0.05, 0.1) is 20.5 Å². The lowest BCUT2D eigenvalue weighted by Crippen LogP contribution is -2.18. The Kier molecular flexibility index (Phi) is 8.81. The first-order chi connectivity index (χ1) is 20.1. The van der Waals surface area contributed by atoms with Crippen LogP contribution < -0.4 is 10.2 Å². The zero-order valence-electron chi connectivity index (χ0n) is 23.1. The molecule has 0 fully saturated rings. The molecular weight excluding hydrogens is 520 g/mol. The van der Waals surface area contributed by atoms with Crippen molar-refractivity contribution in [3.05, 3.63) is 119 Å². The quantitative estimate of drug-likeness (QED) is 0.0675. The molecule has 0 spiro atoms. The van der Waals surface area contributed by atoms with E-state index in [2.05, 4.69) is 35.4 Å². The first kappa shape index (κ1) is 27.7. The Morgan fingerprint density at radius 2 is 1.93 bits per heavy atom. The number of esters is 1. The maximum atomic E-state index is 12.4. The van der Waals surface area contributed by atoms with E-state index in [9.17, 15) is 4.79 Å². The molecule has 1 N–H and O–H groups in total. The van der Waals surface area contributed by atoms with Gasteiger partial charge >= 0.3 is 5.97 Å². The fourth-order valence-electron chi connectivity index (χ4n) is 5.04. The SMILES string of the molecule is C=CCOc1ccc2c(CCC3C(NOCc4ccccc4C(=COC)C(=O)OC)=Cc4ccccc43)onc2c1. The molecule has 1 aliphatic carbocycles. The molecule has 1 aromatic heterocycles. The molecule has 1 atom stereocenters. The van der Waals surface area contributed by atoms with Crippen molar-refractivity contribution in [1.29, 1.82) is 0 Å². The van der Waals surface area contributed by atoms with Crippen molar-refractivity contribution in [3.8, 4) is 5.75 Å². The normalized spacial score (nSPS) is 14.3. The number of hydrogen-bond donors (Lipinski definition) is 1. The van der Waals surface area contributed by atoms with Crippen LogP contribution in [0.2, 0.25) is 0 Å². The van der Waals surface area contributed by atoms with Crippen molar-refractivity contribution in [2.75, 3.05) is 20.8 Å². The van der Waals surface area contributed by atoms with Crippen LogP contribution in [-0.4, -0.2) is 32.0 Å². The summed E-state index contributed by atoms with van der Waals surface area (Å²) in [6, 6.07) is 21.6. The Morgan fingerprint density at radius 1 is 1.10 bits per heavy atom. The highest BCUT2D eigenvalue weighted by molar-refractivity contribution is 6.16. The van der Waals surface area contributed by atoms with Crippen LogP contribution in [0.4, 0.5) is 0 Å². The highest BCUT2D eigenvalue weighted by atomic mass is 16.6. The smallest absolute Gasteiger partial charge is 0.341 e. The molecule has 0 bridgehead atoms. The van der Waals surface area contributed by atoms with Crippen LogP contribution in [0.25, 0.3) is 22.6 Å². The molecule has 210 valence electrons. The van der Waals surface area contributed by atoms with E-state index in [1.807, 2.05) is 54.6 Å². The van der Waals surface area contributed by atoms with Gasteiger partial charge in [-0.15, -0.1) is 0 Å². The van der Waals surface area contributed by atoms with Crippen LogP contribution in [0, 0.1) is 0 Å². The monoisotopic (exact) mass is 552 g/mol. The summed E-state index contributed by atoms with van der Waals surface area (Å²) in [6.45, 7) is 4.34. The van der Waals surface area contributed by atoms with Gasteiger partial charge in [0.2, 0.25) is 0 Å². The number of ether oxygens (including phenoxy) is 3. The number of aryl methyl sites for hydroxylation is 1. The van der Waals surface area contributed by atoms with Crippen molar-refractivity contribution in [2.45, 2.75) is 25.4 Å². The van der Waals surface area contributed by atoms with E-state index in [0.29, 0.717) is 24.2 Å². The molecule has 1 unspecified atom stereocenters. The van der Waals surface area contributed by atoms with Crippen LogP contribution >= 0.6 is 0 Å². The predicted octanol–water partition coefficient (Wildman–Crippen LogP) is 6.35. The summed E-state index contributed by atoms with van der Waals surface area (Å²) in [5.41, 5.74) is 9.07. The van der Waals surface area contributed by atoms with E-state index in [-0.39, 0.29) is 12.5 Å². The van der Waals surface area contributed by atoms with Gasteiger partial charge in [-0.25, -0.2) is 4.79 Å². The Labute approximate surface area is 238 Å². The van der Waals surface area contributed by atoms with E-state index in [0.717, 1.165) is 45.7 Å². The summed E-state index contributed by atoms with van der Waals surface area (Å²) >= 11 is 0.